The fraction of sp³-hybridized carbons (Fsp3) is 0. The number of nitrogens with two attached hydrogens (primary N) is 1. The highest BCUT2D eigenvalue weighted by Crippen LogP contribution is 2.23. The second-order valence-corrected chi connectivity index (χ2v) is 7.39. The van der Waals surface area contributed by atoms with E-state index in [-0.39, 0.29) is 0 Å². The van der Waals surface area contributed by atoms with Crippen LogP contribution in [0.15, 0.2) is 18.7 Å². The van der Waals surface area contributed by atoms with Crippen molar-refractivity contribution >= 4 is 23.1 Å². The third-order valence-electron chi connectivity index (χ3n) is 5.12. The largest absolute Gasteiger partial charge is 0.338 e. The predicted octanol–water partition coefficient (Wildman–Crippen LogP) is 3.89. The Bertz CT molecular complexity index is 1370. The summed E-state index contributed by atoms with van der Waals surface area (Å²) in [6, 6.07) is 0. The third-order valence-corrected chi connectivity index (χ3v) is 5.12. The van der Waals surface area contributed by atoms with Crippen molar-refractivity contribution in [1.82, 2.24) is 9.66 Å². The average Bonchev–Trinajstić information content (AvgIpc) is 3.41. The van der Waals surface area contributed by atoms with Gasteiger partial charge < -0.3 is 5.84 Å². The molecule has 1 aromatic heterocycles. The fourth-order valence-electron chi connectivity index (χ4n) is 3.33. The van der Waals surface area contributed by atoms with E-state index in [0.29, 0.717) is 0 Å². The van der Waals surface area contributed by atoms with Crippen LogP contribution in [-0.4, -0.2) is 16.4 Å². The van der Waals surface area contributed by atoms with Gasteiger partial charge >= 0.3 is 0 Å². The SMILES string of the molecule is Fc1c(F)c(F)c(B(c2c(F)c(F)c(F)c(F)c2F)c2c(F)c(F)c(F)c(F)c2F)c(F)c1F.Nn1ccnc1. The molecule has 0 fully saturated rings. The number of hydrogen-bond donors (Lipinski definition) is 1. The van der Waals surface area contributed by atoms with E-state index in [2.05, 4.69) is 4.98 Å². The molecule has 0 atom stereocenters. The number of imidazole rings is 1. The minimum Gasteiger partial charge on any atom is -0.338 e. The molecule has 4 rings (SSSR count). The van der Waals surface area contributed by atoms with Crippen molar-refractivity contribution in [3.05, 3.63) is 106 Å². The van der Waals surface area contributed by atoms with E-state index >= 15 is 0 Å². The molecule has 3 nitrogen and oxygen atoms in total. The van der Waals surface area contributed by atoms with Crippen LogP contribution in [0.25, 0.3) is 0 Å². The van der Waals surface area contributed by atoms with E-state index < -0.39 is 110 Å². The molecule has 0 radical (unpaired) electrons. The Morgan fingerprint density at radius 1 is 0.425 bits per heavy atom. The van der Waals surface area contributed by atoms with Crippen molar-refractivity contribution in [2.45, 2.75) is 0 Å². The first-order chi connectivity index (χ1) is 18.6. The molecule has 0 amide bonds. The van der Waals surface area contributed by atoms with Crippen LogP contribution in [0.1, 0.15) is 0 Å². The molecular weight excluding hydrogens is 590 g/mol. The van der Waals surface area contributed by atoms with Crippen LogP contribution < -0.4 is 22.2 Å². The first kappa shape index (κ1) is 30.2. The molecule has 3 aromatic carbocycles. The summed E-state index contributed by atoms with van der Waals surface area (Å²) in [5.41, 5.74) is -8.03. The summed E-state index contributed by atoms with van der Waals surface area (Å²) in [5.74, 6) is -40.1. The standard InChI is InChI=1S/C18BF15.C3H5N3/c20-4-1(5(21)11(27)16(32)10(4)26)19(2-6(22)12(28)17(33)13(29)7(2)23)3-8(24)14(30)18(34)15(31)9(3)25;4-6-2-1-5-3-6/h;1-3H,4H2. The lowest BCUT2D eigenvalue weighted by atomic mass is 9.36. The summed E-state index contributed by atoms with van der Waals surface area (Å²) in [6.45, 7) is -3.96. The third kappa shape index (κ3) is 4.79. The molecule has 0 unspecified atom stereocenters. The smallest absolute Gasteiger partial charge is 0.265 e. The fourth-order valence-corrected chi connectivity index (χ4v) is 3.33. The monoisotopic (exact) mass is 595 g/mol. The Morgan fingerprint density at radius 3 is 0.800 bits per heavy atom. The Hall–Kier alpha value is -4.32. The van der Waals surface area contributed by atoms with Crippen LogP contribution >= 0.6 is 0 Å². The maximum Gasteiger partial charge on any atom is 0.265 e. The van der Waals surface area contributed by atoms with Crippen LogP contribution in [0.3, 0.4) is 0 Å². The zero-order valence-electron chi connectivity index (χ0n) is 18.5. The van der Waals surface area contributed by atoms with Crippen LogP contribution in [0.4, 0.5) is 65.9 Å². The minimum absolute atomic E-state index is 1.39. The van der Waals surface area contributed by atoms with Crippen molar-refractivity contribution in [3.63, 3.8) is 0 Å². The number of nitrogens with zero attached hydrogens (tertiary/aromatic N) is 2. The molecule has 4 aromatic rings. The van der Waals surface area contributed by atoms with Gasteiger partial charge in [0.1, 0.15) is 6.33 Å². The lowest BCUT2D eigenvalue weighted by molar-refractivity contribution is 0.380. The van der Waals surface area contributed by atoms with Crippen LogP contribution in [0.2, 0.25) is 0 Å². The maximum absolute atomic E-state index is 14.4. The van der Waals surface area contributed by atoms with Gasteiger partial charge in [-0.05, 0) is 0 Å². The number of halogens is 15. The first-order valence-electron chi connectivity index (χ1n) is 9.83. The Balaban J connectivity index is 0.000000649. The van der Waals surface area contributed by atoms with Crippen molar-refractivity contribution in [2.24, 2.45) is 0 Å². The van der Waals surface area contributed by atoms with Gasteiger partial charge in [-0.1, -0.05) is 0 Å². The van der Waals surface area contributed by atoms with Gasteiger partial charge in [-0.25, -0.2) is 70.8 Å². The van der Waals surface area contributed by atoms with E-state index in [0.717, 1.165) is 0 Å². The van der Waals surface area contributed by atoms with E-state index in [4.69, 9.17) is 5.84 Å². The Kier molecular flexibility index (Phi) is 8.35. The number of hydrogen-bond acceptors (Lipinski definition) is 2. The second kappa shape index (κ2) is 11.0. The molecule has 1 heterocycles. The lowest BCUT2D eigenvalue weighted by Crippen LogP contribution is -2.60. The van der Waals surface area contributed by atoms with E-state index in [1.54, 1.807) is 12.4 Å². The van der Waals surface area contributed by atoms with Crippen LogP contribution in [-0.2, 0) is 0 Å². The average molecular weight is 595 g/mol. The summed E-state index contributed by atoms with van der Waals surface area (Å²) in [4.78, 5) is 3.66. The Morgan fingerprint density at radius 2 is 0.650 bits per heavy atom. The van der Waals surface area contributed by atoms with E-state index in [9.17, 15) is 65.9 Å². The van der Waals surface area contributed by atoms with Crippen molar-refractivity contribution in [3.8, 4) is 0 Å². The summed E-state index contributed by atoms with van der Waals surface area (Å²) < 4.78 is 210. The minimum atomic E-state index is -3.96. The van der Waals surface area contributed by atoms with Crippen molar-refractivity contribution in [2.75, 3.05) is 5.84 Å². The summed E-state index contributed by atoms with van der Waals surface area (Å²) in [5, 5.41) is 0. The molecule has 0 saturated heterocycles. The van der Waals surface area contributed by atoms with Gasteiger partial charge in [-0.2, -0.15) is 0 Å². The molecule has 19 heteroatoms. The molecule has 0 spiro atoms. The van der Waals surface area contributed by atoms with Gasteiger partial charge in [-0.3, -0.25) is 4.68 Å². The van der Waals surface area contributed by atoms with Gasteiger partial charge in [0.2, 0.25) is 0 Å². The highest BCUT2D eigenvalue weighted by Gasteiger charge is 2.45. The molecule has 40 heavy (non-hydrogen) atoms. The normalized spacial score (nSPS) is 11.0. The molecule has 2 N–H and O–H groups in total. The summed E-state index contributed by atoms with van der Waals surface area (Å²) >= 11 is 0. The Labute approximate surface area is 211 Å². The number of nitrogen functional groups attached to an aromatic ring is 1. The molecule has 212 valence electrons. The summed E-state index contributed by atoms with van der Waals surface area (Å²) in [6.07, 6.45) is 4.82. The van der Waals surface area contributed by atoms with Gasteiger partial charge in [0, 0.05) is 28.8 Å². The highest BCUT2D eigenvalue weighted by molar-refractivity contribution is 6.95. The molecule has 0 saturated carbocycles. The number of aromatic nitrogens is 2. The molecule has 0 aliphatic carbocycles. The summed E-state index contributed by atoms with van der Waals surface area (Å²) in [7, 11) is 0. The quantitative estimate of drug-likeness (QED) is 0.129. The zero-order chi connectivity index (χ0) is 30.4. The highest BCUT2D eigenvalue weighted by atomic mass is 19.2. The van der Waals surface area contributed by atoms with Crippen molar-refractivity contribution in [1.29, 1.82) is 0 Å². The predicted molar refractivity (Wildman–Crippen MR) is 106 cm³/mol. The topological polar surface area (TPSA) is 43.8 Å². The molecule has 0 aliphatic heterocycles. The molecular formula is C21H5BF15N3. The number of rotatable bonds is 3. The van der Waals surface area contributed by atoms with Crippen LogP contribution in [0.5, 0.6) is 0 Å². The number of benzene rings is 3. The first-order valence-corrected chi connectivity index (χ1v) is 9.83. The van der Waals surface area contributed by atoms with Crippen molar-refractivity contribution < 1.29 is 65.9 Å². The maximum atomic E-state index is 14.4. The molecule has 0 bridgehead atoms. The van der Waals surface area contributed by atoms with Gasteiger partial charge in [0.05, 0.1) is 0 Å². The van der Waals surface area contributed by atoms with Gasteiger partial charge in [0.15, 0.2) is 87.3 Å². The van der Waals surface area contributed by atoms with E-state index in [1.807, 2.05) is 0 Å². The zero-order valence-corrected chi connectivity index (χ0v) is 18.5. The second-order valence-electron chi connectivity index (χ2n) is 7.39. The van der Waals surface area contributed by atoms with Gasteiger partial charge in [-0.15, -0.1) is 0 Å². The molecule has 0 aliphatic rings. The van der Waals surface area contributed by atoms with Crippen LogP contribution in [0, 0.1) is 87.3 Å². The van der Waals surface area contributed by atoms with Gasteiger partial charge in [0.25, 0.3) is 6.71 Å². The van der Waals surface area contributed by atoms with E-state index in [1.165, 1.54) is 11.0 Å². The lowest BCUT2D eigenvalue weighted by Gasteiger charge is -2.21.